The van der Waals surface area contributed by atoms with Gasteiger partial charge < -0.3 is 19.9 Å². The fourth-order valence-electron chi connectivity index (χ4n) is 2.70. The lowest BCUT2D eigenvalue weighted by molar-refractivity contribution is -0.0355. The molecule has 8 heteroatoms. The summed E-state index contributed by atoms with van der Waals surface area (Å²) in [5.74, 6) is -0.357. The molecule has 1 aliphatic heterocycles. The second-order valence-electron chi connectivity index (χ2n) is 4.87. The van der Waals surface area contributed by atoms with Gasteiger partial charge in [0.25, 0.3) is 5.56 Å². The summed E-state index contributed by atoms with van der Waals surface area (Å²) in [7, 11) is 0. The Morgan fingerprint density at radius 2 is 2.30 bits per heavy atom. The lowest BCUT2D eigenvalue weighted by atomic mass is 9.97. The highest BCUT2D eigenvalue weighted by Gasteiger charge is 2.43. The van der Waals surface area contributed by atoms with Crippen molar-refractivity contribution in [3.8, 4) is 0 Å². The highest BCUT2D eigenvalue weighted by atomic mass is 16.5. The van der Waals surface area contributed by atoms with Crippen molar-refractivity contribution >= 4 is 11.2 Å². The average molecular weight is 280 g/mol. The van der Waals surface area contributed by atoms with E-state index in [0.29, 0.717) is 12.1 Å². The average Bonchev–Trinajstić information content (AvgIpc) is 3.00. The number of hydrogen-bond acceptors (Lipinski definition) is 6. The number of aromatic nitrogens is 4. The van der Waals surface area contributed by atoms with Gasteiger partial charge in [0.15, 0.2) is 17.4 Å². The molecule has 4 atom stereocenters. The van der Waals surface area contributed by atoms with Crippen LogP contribution in [0.3, 0.4) is 0 Å². The maximum Gasteiger partial charge on any atom is 0.278 e. The first-order valence-electron chi connectivity index (χ1n) is 6.52. The summed E-state index contributed by atoms with van der Waals surface area (Å²) in [5.41, 5.74) is 0.210. The molecule has 1 aliphatic rings. The Hall–Kier alpha value is -1.77. The molecule has 0 amide bonds. The molecule has 1 saturated heterocycles. The third kappa shape index (κ3) is 1.84. The van der Waals surface area contributed by atoms with E-state index >= 15 is 0 Å². The van der Waals surface area contributed by atoms with Crippen molar-refractivity contribution in [3.63, 3.8) is 0 Å². The van der Waals surface area contributed by atoms with Gasteiger partial charge in [-0.1, -0.05) is 6.92 Å². The quantitative estimate of drug-likeness (QED) is 0.691. The van der Waals surface area contributed by atoms with Crippen molar-refractivity contribution in [1.29, 1.82) is 0 Å². The first-order valence-corrected chi connectivity index (χ1v) is 6.52. The van der Waals surface area contributed by atoms with Crippen molar-refractivity contribution in [2.45, 2.75) is 31.8 Å². The summed E-state index contributed by atoms with van der Waals surface area (Å²) in [6.45, 7) is 1.77. The van der Waals surface area contributed by atoms with Crippen LogP contribution in [0.1, 0.15) is 19.6 Å². The first-order chi connectivity index (χ1) is 9.67. The third-order valence-electron chi connectivity index (χ3n) is 3.78. The van der Waals surface area contributed by atoms with Crippen LogP contribution >= 0.6 is 0 Å². The molecule has 8 nitrogen and oxygen atoms in total. The predicted molar refractivity (Wildman–Crippen MR) is 68.9 cm³/mol. The van der Waals surface area contributed by atoms with Gasteiger partial charge in [0, 0.05) is 5.92 Å². The number of aliphatic hydroxyl groups excluding tert-OH is 2. The van der Waals surface area contributed by atoms with Crippen molar-refractivity contribution in [2.24, 2.45) is 5.92 Å². The van der Waals surface area contributed by atoms with Crippen LogP contribution in [0.15, 0.2) is 17.4 Å². The molecule has 0 aliphatic carbocycles. The monoisotopic (exact) mass is 280 g/mol. The molecular formula is C12H16N4O4. The van der Waals surface area contributed by atoms with Gasteiger partial charge in [-0.25, -0.2) is 9.97 Å². The maximum atomic E-state index is 11.6. The van der Waals surface area contributed by atoms with Crippen LogP contribution in [0.25, 0.3) is 11.2 Å². The van der Waals surface area contributed by atoms with E-state index in [4.69, 9.17) is 4.74 Å². The molecule has 108 valence electrons. The van der Waals surface area contributed by atoms with Gasteiger partial charge in [-0.2, -0.15) is 0 Å². The molecule has 0 spiro atoms. The van der Waals surface area contributed by atoms with Crippen LogP contribution in [0.4, 0.5) is 0 Å². The number of H-pyrrole nitrogens is 1. The van der Waals surface area contributed by atoms with Gasteiger partial charge in [0.1, 0.15) is 6.10 Å². The lowest BCUT2D eigenvalue weighted by Crippen LogP contribution is -2.29. The number of ether oxygens (including phenoxy) is 1. The SMILES string of the molecule is CC[C@H]1O[C@@H](n2cnc3c(=O)[nH]cnc32)[C@H](O)[C@@H]1CO. The van der Waals surface area contributed by atoms with E-state index in [1.807, 2.05) is 6.92 Å². The Labute approximate surface area is 114 Å². The van der Waals surface area contributed by atoms with Crippen molar-refractivity contribution in [2.75, 3.05) is 6.61 Å². The Bertz CT molecular complexity index is 667. The number of nitrogens with zero attached hydrogens (tertiary/aromatic N) is 3. The van der Waals surface area contributed by atoms with Crippen LogP contribution < -0.4 is 5.56 Å². The Morgan fingerprint density at radius 3 is 2.95 bits per heavy atom. The molecule has 0 saturated carbocycles. The first kappa shape index (κ1) is 13.2. The van der Waals surface area contributed by atoms with E-state index in [9.17, 15) is 15.0 Å². The highest BCUT2D eigenvalue weighted by molar-refractivity contribution is 5.68. The Balaban J connectivity index is 2.04. The molecule has 3 rings (SSSR count). The topological polar surface area (TPSA) is 113 Å². The van der Waals surface area contributed by atoms with E-state index in [-0.39, 0.29) is 29.7 Å². The van der Waals surface area contributed by atoms with Crippen LogP contribution in [-0.2, 0) is 4.74 Å². The van der Waals surface area contributed by atoms with E-state index in [1.54, 1.807) is 0 Å². The van der Waals surface area contributed by atoms with Crippen LogP contribution in [0, 0.1) is 5.92 Å². The van der Waals surface area contributed by atoms with Crippen molar-refractivity contribution in [1.82, 2.24) is 19.5 Å². The number of hydrogen-bond donors (Lipinski definition) is 3. The van der Waals surface area contributed by atoms with E-state index < -0.39 is 12.3 Å². The second kappa shape index (κ2) is 4.97. The summed E-state index contributed by atoms with van der Waals surface area (Å²) in [6.07, 6.45) is 1.58. The molecule has 20 heavy (non-hydrogen) atoms. The zero-order chi connectivity index (χ0) is 14.3. The van der Waals surface area contributed by atoms with Gasteiger partial charge in [-0.15, -0.1) is 0 Å². The van der Waals surface area contributed by atoms with Gasteiger partial charge in [0.2, 0.25) is 0 Å². The number of imidazole rings is 1. The molecule has 3 N–H and O–H groups in total. The minimum atomic E-state index is -0.872. The highest BCUT2D eigenvalue weighted by Crippen LogP contribution is 2.36. The van der Waals surface area contributed by atoms with Crippen LogP contribution in [0.5, 0.6) is 0 Å². The second-order valence-corrected chi connectivity index (χ2v) is 4.87. The predicted octanol–water partition coefficient (Wildman–Crippen LogP) is -0.604. The summed E-state index contributed by atoms with van der Waals surface area (Å²) in [6, 6.07) is 0. The Morgan fingerprint density at radius 1 is 1.50 bits per heavy atom. The number of aliphatic hydroxyl groups is 2. The van der Waals surface area contributed by atoms with Gasteiger partial charge >= 0.3 is 0 Å². The number of fused-ring (bicyclic) bond motifs is 1. The molecule has 3 heterocycles. The number of nitrogens with one attached hydrogen (secondary N) is 1. The molecule has 0 unspecified atom stereocenters. The fraction of sp³-hybridized carbons (Fsp3) is 0.583. The minimum Gasteiger partial charge on any atom is -0.396 e. The fourth-order valence-corrected chi connectivity index (χ4v) is 2.70. The number of aromatic amines is 1. The van der Waals surface area contributed by atoms with Crippen LogP contribution in [-0.4, -0.2) is 48.5 Å². The maximum absolute atomic E-state index is 11.6. The summed E-state index contributed by atoms with van der Waals surface area (Å²) >= 11 is 0. The Kier molecular flexibility index (Phi) is 3.28. The van der Waals surface area contributed by atoms with Gasteiger partial charge in [-0.3, -0.25) is 9.36 Å². The lowest BCUT2D eigenvalue weighted by Gasteiger charge is -2.17. The summed E-state index contributed by atoms with van der Waals surface area (Å²) < 4.78 is 7.31. The van der Waals surface area contributed by atoms with Crippen LogP contribution in [0.2, 0.25) is 0 Å². The summed E-state index contributed by atoms with van der Waals surface area (Å²) in [4.78, 5) is 22.1. The molecule has 0 aromatic carbocycles. The minimum absolute atomic E-state index is 0.156. The number of rotatable bonds is 3. The molecular weight excluding hydrogens is 264 g/mol. The standard InChI is InChI=1S/C12H16N4O4/c1-2-7-6(3-17)9(18)12(20-7)16-5-15-8-10(16)13-4-14-11(8)19/h4-7,9,12,17-18H,2-3H2,1H3,(H,13,14,19)/t6-,7-,9-,12-/m1/s1. The normalized spacial score (nSPS) is 30.1. The van der Waals surface area contributed by atoms with E-state index in [1.165, 1.54) is 17.2 Å². The smallest absolute Gasteiger partial charge is 0.278 e. The third-order valence-corrected chi connectivity index (χ3v) is 3.78. The largest absolute Gasteiger partial charge is 0.396 e. The molecule has 1 fully saturated rings. The van der Waals surface area contributed by atoms with Crippen molar-refractivity contribution < 1.29 is 14.9 Å². The zero-order valence-electron chi connectivity index (χ0n) is 10.9. The molecule has 2 aromatic rings. The zero-order valence-corrected chi connectivity index (χ0v) is 10.9. The molecule has 2 aromatic heterocycles. The molecule has 0 bridgehead atoms. The van der Waals surface area contributed by atoms with E-state index in [2.05, 4.69) is 15.0 Å². The van der Waals surface area contributed by atoms with Gasteiger partial charge in [-0.05, 0) is 6.42 Å². The summed E-state index contributed by atoms with van der Waals surface area (Å²) in [5, 5.41) is 19.7. The van der Waals surface area contributed by atoms with Gasteiger partial charge in [0.05, 0.1) is 25.4 Å². The van der Waals surface area contributed by atoms with E-state index in [0.717, 1.165) is 0 Å². The molecule has 0 radical (unpaired) electrons. The van der Waals surface area contributed by atoms with Crippen molar-refractivity contribution in [3.05, 3.63) is 23.0 Å².